The van der Waals surface area contributed by atoms with Crippen LogP contribution in [0.25, 0.3) is 0 Å². The summed E-state index contributed by atoms with van der Waals surface area (Å²) < 4.78 is 10.7. The molecule has 0 atom stereocenters. The third-order valence-electron chi connectivity index (χ3n) is 4.64. The zero-order valence-corrected chi connectivity index (χ0v) is 20.0. The van der Waals surface area contributed by atoms with Crippen molar-refractivity contribution in [2.45, 2.75) is 32.3 Å². The lowest BCUT2D eigenvalue weighted by Gasteiger charge is -2.23. The van der Waals surface area contributed by atoms with Crippen molar-refractivity contribution in [3.63, 3.8) is 0 Å². The quantitative estimate of drug-likeness (QED) is 0.0851. The van der Waals surface area contributed by atoms with Crippen LogP contribution in [0.5, 0.6) is 5.75 Å². The summed E-state index contributed by atoms with van der Waals surface area (Å²) in [7, 11) is 1.51. The first-order chi connectivity index (χ1) is 16.1. The molecule has 2 aromatic carbocycles. The van der Waals surface area contributed by atoms with Crippen LogP contribution in [0.1, 0.15) is 42.6 Å². The van der Waals surface area contributed by atoms with E-state index in [1.807, 2.05) is 0 Å². The van der Waals surface area contributed by atoms with Gasteiger partial charge in [-0.25, -0.2) is 4.79 Å². The minimum absolute atomic E-state index is 0.0415. The van der Waals surface area contributed by atoms with Gasteiger partial charge in [-0.05, 0) is 75.2 Å². The number of hydrogen-bond acceptors (Lipinski definition) is 8. The fourth-order valence-corrected chi connectivity index (χ4v) is 2.83. The number of ketones is 1. The summed E-state index contributed by atoms with van der Waals surface area (Å²) in [5.74, 6) is -0.553. The Balaban J connectivity index is 1.85. The minimum atomic E-state index is -1.37. The molecule has 2 aromatic rings. The van der Waals surface area contributed by atoms with E-state index in [4.69, 9.17) is 31.0 Å². The van der Waals surface area contributed by atoms with Crippen molar-refractivity contribution in [1.82, 2.24) is 5.01 Å². The Hall–Kier alpha value is -3.37. The molecule has 0 amide bonds. The third kappa shape index (κ3) is 8.20. The fourth-order valence-electron chi connectivity index (χ4n) is 2.71. The molecule has 184 valence electrons. The molecule has 0 fully saturated rings. The minimum Gasteiger partial charge on any atom is -0.569 e. The van der Waals surface area contributed by atoms with Gasteiger partial charge in [-0.3, -0.25) is 4.79 Å². The Morgan fingerprint density at radius 3 is 2.26 bits per heavy atom. The second kappa shape index (κ2) is 12.8. The predicted octanol–water partition coefficient (Wildman–Crippen LogP) is 3.74. The van der Waals surface area contributed by atoms with E-state index in [9.17, 15) is 14.8 Å². The van der Waals surface area contributed by atoms with Gasteiger partial charge >= 0.3 is 5.97 Å². The Bertz CT molecular complexity index is 979. The number of unbranched alkanes of at least 4 members (excludes halogenated alkanes) is 1. The number of hydrogen-bond donors (Lipinski definition) is 1. The van der Waals surface area contributed by atoms with Crippen molar-refractivity contribution in [2.24, 2.45) is 5.28 Å². The van der Waals surface area contributed by atoms with Crippen LogP contribution in [-0.2, 0) is 14.4 Å². The molecule has 0 spiro atoms. The van der Waals surface area contributed by atoms with Crippen LogP contribution in [-0.4, -0.2) is 59.4 Å². The zero-order valence-electron chi connectivity index (χ0n) is 19.3. The highest BCUT2D eigenvalue weighted by Crippen LogP contribution is 2.22. The Morgan fingerprint density at radius 2 is 1.68 bits per heavy atom. The average molecular weight is 494 g/mol. The lowest BCUT2D eigenvalue weighted by molar-refractivity contribution is -0.706. The molecule has 0 aliphatic heterocycles. The Kier molecular flexibility index (Phi) is 10.1. The van der Waals surface area contributed by atoms with Crippen molar-refractivity contribution < 1.29 is 34.0 Å². The number of carbonyl (C=O) groups excluding carboxylic acids is 2. The van der Waals surface area contributed by atoms with E-state index >= 15 is 0 Å². The molecule has 0 unspecified atom stereocenters. The number of esters is 1. The first-order valence-electron chi connectivity index (χ1n) is 10.5. The number of ether oxygens (including phenoxy) is 2. The molecular formula is C23H28ClN3O7. The fraction of sp³-hybridized carbons (Fsp3) is 0.391. The highest BCUT2D eigenvalue weighted by atomic mass is 35.5. The first kappa shape index (κ1) is 26.9. The Labute approximate surface area is 202 Å². The number of carbonyl (C=O) groups is 2. The highest BCUT2D eigenvalue weighted by molar-refractivity contribution is 6.30. The normalized spacial score (nSPS) is 11.6. The van der Waals surface area contributed by atoms with E-state index in [1.165, 1.54) is 25.9 Å². The summed E-state index contributed by atoms with van der Waals surface area (Å²) in [5.41, 5.74) is -0.419. The highest BCUT2D eigenvalue weighted by Gasteiger charge is 2.32. The van der Waals surface area contributed by atoms with Gasteiger partial charge in [-0.15, -0.1) is 5.01 Å². The second-order valence-corrected chi connectivity index (χ2v) is 8.23. The van der Waals surface area contributed by atoms with E-state index in [0.29, 0.717) is 41.3 Å². The number of nitrogens with zero attached hydrogens (tertiary/aromatic N) is 3. The topological polar surface area (TPSA) is 124 Å². The van der Waals surface area contributed by atoms with Crippen LogP contribution in [0.2, 0.25) is 5.02 Å². The monoisotopic (exact) mass is 493 g/mol. The molecule has 0 aromatic heterocycles. The molecule has 0 bridgehead atoms. The summed E-state index contributed by atoms with van der Waals surface area (Å²) in [4.78, 5) is 29.9. The predicted molar refractivity (Wildman–Crippen MR) is 123 cm³/mol. The van der Waals surface area contributed by atoms with Gasteiger partial charge in [0.1, 0.15) is 5.75 Å². The zero-order chi connectivity index (χ0) is 25.1. The van der Waals surface area contributed by atoms with E-state index in [1.54, 1.807) is 48.5 Å². The standard InChI is InChI=1S/C23H28ClN3O7/c1-23(2,22(30)32-16-33-25-27(31)26(3)14-4-5-15-28)34-20-12-8-18(9-13-20)21(29)17-6-10-19(24)11-7-17/h6-13,28H,4-5,14-16H2,1-3H3/b27-25+. The van der Waals surface area contributed by atoms with E-state index in [2.05, 4.69) is 5.28 Å². The molecule has 10 nitrogen and oxygen atoms in total. The van der Waals surface area contributed by atoms with Gasteiger partial charge in [0.05, 0.1) is 18.6 Å². The van der Waals surface area contributed by atoms with Gasteiger partial charge in [-0.2, -0.15) is 0 Å². The molecule has 2 rings (SSSR count). The number of aliphatic hydroxyl groups excluding tert-OH is 1. The maximum Gasteiger partial charge on any atom is 0.352 e. The first-order valence-corrected chi connectivity index (χ1v) is 10.9. The molecule has 34 heavy (non-hydrogen) atoms. The summed E-state index contributed by atoms with van der Waals surface area (Å²) in [6.07, 6.45) is 1.17. The average Bonchev–Trinajstić information content (AvgIpc) is 2.81. The number of hydrazine groups is 1. The Morgan fingerprint density at radius 1 is 1.09 bits per heavy atom. The van der Waals surface area contributed by atoms with E-state index in [-0.39, 0.29) is 17.4 Å². The van der Waals surface area contributed by atoms with E-state index in [0.717, 1.165) is 0 Å². The number of rotatable bonds is 13. The van der Waals surface area contributed by atoms with Crippen LogP contribution in [0.15, 0.2) is 53.8 Å². The van der Waals surface area contributed by atoms with Gasteiger partial charge in [-0.1, -0.05) is 11.6 Å². The lowest BCUT2D eigenvalue weighted by atomic mass is 10.0. The second-order valence-electron chi connectivity index (χ2n) is 7.80. The maximum atomic E-state index is 12.5. The smallest absolute Gasteiger partial charge is 0.352 e. The lowest BCUT2D eigenvalue weighted by Crippen LogP contribution is -2.40. The molecule has 11 heteroatoms. The van der Waals surface area contributed by atoms with Gasteiger partial charge in [0, 0.05) is 22.8 Å². The van der Waals surface area contributed by atoms with Crippen LogP contribution in [0.3, 0.4) is 0 Å². The molecule has 0 saturated carbocycles. The summed E-state index contributed by atoms with van der Waals surface area (Å²) in [5, 5.41) is 25.5. The summed E-state index contributed by atoms with van der Waals surface area (Å²) in [6, 6.07) is 12.9. The van der Waals surface area contributed by atoms with Crippen molar-refractivity contribution >= 4 is 23.4 Å². The molecule has 0 radical (unpaired) electrons. The number of aliphatic hydroxyl groups is 1. The SMILES string of the molecule is CN(CCCCO)/[N+]([O-])=N\OCOC(=O)C(C)(C)Oc1ccc(C(=O)c2ccc(Cl)cc2)cc1. The maximum absolute atomic E-state index is 12.5. The van der Waals surface area contributed by atoms with Crippen molar-refractivity contribution in [3.8, 4) is 5.75 Å². The largest absolute Gasteiger partial charge is 0.569 e. The number of halogens is 1. The molecular weight excluding hydrogens is 466 g/mol. The van der Waals surface area contributed by atoms with Crippen LogP contribution >= 0.6 is 11.6 Å². The van der Waals surface area contributed by atoms with Gasteiger partial charge in [0.2, 0.25) is 5.28 Å². The summed E-state index contributed by atoms with van der Waals surface area (Å²) in [6.45, 7) is 2.85. The van der Waals surface area contributed by atoms with E-state index < -0.39 is 18.4 Å². The van der Waals surface area contributed by atoms with Gasteiger partial charge in [0.25, 0.3) is 6.79 Å². The van der Waals surface area contributed by atoms with Crippen LogP contribution in [0, 0.1) is 5.21 Å². The van der Waals surface area contributed by atoms with Crippen LogP contribution in [0.4, 0.5) is 0 Å². The molecule has 0 saturated heterocycles. The third-order valence-corrected chi connectivity index (χ3v) is 4.89. The molecule has 1 N–H and O–H groups in total. The van der Waals surface area contributed by atoms with Crippen molar-refractivity contribution in [2.75, 3.05) is 27.0 Å². The number of benzene rings is 2. The molecule has 0 aliphatic carbocycles. The molecule has 0 aliphatic rings. The van der Waals surface area contributed by atoms with Crippen molar-refractivity contribution in [3.05, 3.63) is 69.9 Å². The molecule has 0 heterocycles. The van der Waals surface area contributed by atoms with Gasteiger partial charge < -0.3 is 24.6 Å². The summed E-state index contributed by atoms with van der Waals surface area (Å²) >= 11 is 5.85. The van der Waals surface area contributed by atoms with Crippen molar-refractivity contribution in [1.29, 1.82) is 0 Å². The van der Waals surface area contributed by atoms with Crippen LogP contribution < -0.4 is 4.74 Å². The van der Waals surface area contributed by atoms with Gasteiger partial charge in [0.15, 0.2) is 11.4 Å².